The maximum Gasteiger partial charge on any atom is 0.250 e. The monoisotopic (exact) mass is 412 g/mol. The molecule has 0 N–H and O–H groups in total. The van der Waals surface area contributed by atoms with Gasteiger partial charge in [0.05, 0.1) is 26.0 Å². The van der Waals surface area contributed by atoms with E-state index in [1.165, 1.54) is 0 Å². The van der Waals surface area contributed by atoms with E-state index in [0.717, 1.165) is 12.2 Å². The predicted octanol–water partition coefficient (Wildman–Crippen LogP) is 6.71. The van der Waals surface area contributed by atoms with E-state index in [0.29, 0.717) is 12.3 Å². The Morgan fingerprint density at radius 2 is 1.56 bits per heavy atom. The van der Waals surface area contributed by atoms with Crippen LogP contribution in [0.15, 0.2) is 11.8 Å². The topological polar surface area (TPSA) is 38.8 Å². The minimum Gasteiger partial charge on any atom is -0.546 e. The van der Waals surface area contributed by atoms with E-state index in [1.807, 2.05) is 0 Å². The van der Waals surface area contributed by atoms with Crippen molar-refractivity contribution in [2.45, 2.75) is 116 Å². The summed E-state index contributed by atoms with van der Waals surface area (Å²) in [6.45, 7) is 27.1. The summed E-state index contributed by atoms with van der Waals surface area (Å²) in [5, 5.41) is 0.341. The van der Waals surface area contributed by atoms with E-state index >= 15 is 0 Å². The van der Waals surface area contributed by atoms with Gasteiger partial charge in [0.25, 0.3) is 0 Å². The molecule has 0 radical (unpaired) electrons. The number of hydrogen-bond acceptors (Lipinski definition) is 3. The summed E-state index contributed by atoms with van der Waals surface area (Å²) in [6, 6.07) is 0. The zero-order chi connectivity index (χ0) is 21.4. The van der Waals surface area contributed by atoms with Gasteiger partial charge in [-0.2, -0.15) is 0 Å². The number of allylic oxidation sites excluding steroid dienone is 2. The first-order chi connectivity index (χ1) is 11.9. The lowest BCUT2D eigenvalue weighted by atomic mass is 10.1. The second kappa shape index (κ2) is 8.15. The molecular formula is C22H44O3Si2. The molecule has 1 rings (SSSR count). The largest absolute Gasteiger partial charge is 0.546 e. The molecule has 0 saturated carbocycles. The van der Waals surface area contributed by atoms with Crippen LogP contribution in [-0.2, 0) is 14.0 Å². The number of Topliss-reactive ketones (excluding diaryl/α,β-unsaturated/α-hetero) is 1. The quantitative estimate of drug-likeness (QED) is 0.252. The van der Waals surface area contributed by atoms with Crippen LogP contribution in [0.2, 0.25) is 36.3 Å². The summed E-state index contributed by atoms with van der Waals surface area (Å²) in [6.07, 6.45) is 3.23. The maximum atomic E-state index is 13.0. The van der Waals surface area contributed by atoms with Crippen LogP contribution in [0.25, 0.3) is 0 Å². The summed E-state index contributed by atoms with van der Waals surface area (Å²) < 4.78 is 12.5. The average molecular weight is 413 g/mol. The van der Waals surface area contributed by atoms with Gasteiger partial charge in [0.15, 0.2) is 5.78 Å². The Labute approximate surface area is 170 Å². The fraction of sp³-hybridized carbons (Fsp3) is 0.864. The maximum absolute atomic E-state index is 13.0. The van der Waals surface area contributed by atoms with Gasteiger partial charge < -0.3 is 9.16 Å². The molecule has 158 valence electrons. The van der Waals surface area contributed by atoms with Gasteiger partial charge in [0, 0.05) is 0 Å². The van der Waals surface area contributed by atoms with Gasteiger partial charge in [-0.1, -0.05) is 68.5 Å². The van der Waals surface area contributed by atoms with Crippen molar-refractivity contribution in [1.29, 1.82) is 0 Å². The molecule has 3 nitrogen and oxygen atoms in total. The van der Waals surface area contributed by atoms with Crippen LogP contribution in [0.3, 0.4) is 0 Å². The second-order valence-electron chi connectivity index (χ2n) is 11.8. The number of carbonyl (C=O) groups is 1. The highest BCUT2D eigenvalue weighted by Crippen LogP contribution is 2.47. The first-order valence-corrected chi connectivity index (χ1v) is 16.4. The highest BCUT2D eigenvalue weighted by Gasteiger charge is 2.58. The summed E-state index contributed by atoms with van der Waals surface area (Å²) in [7, 11) is -3.61. The minimum atomic E-state index is -1.96. The van der Waals surface area contributed by atoms with Crippen LogP contribution in [0.5, 0.6) is 0 Å². The lowest BCUT2D eigenvalue weighted by molar-refractivity contribution is -0.120. The van der Waals surface area contributed by atoms with Crippen LogP contribution in [0.1, 0.15) is 68.2 Å². The third kappa shape index (κ3) is 6.29. The molecule has 1 aliphatic rings. The van der Waals surface area contributed by atoms with Gasteiger partial charge in [-0.15, -0.1) is 0 Å². The SMILES string of the molecule is CC(C)C/C=C(\CC(=O)[C@H]1O[C@H]1[Si](C)(C)C(C)(C)C)O[Si](C)(C)C(C)(C)C. The van der Waals surface area contributed by atoms with Gasteiger partial charge in [-0.25, -0.2) is 0 Å². The summed E-state index contributed by atoms with van der Waals surface area (Å²) in [5.74, 6) is 1.61. The number of epoxide rings is 1. The molecule has 27 heavy (non-hydrogen) atoms. The number of carbonyl (C=O) groups excluding carboxylic acids is 1. The molecule has 0 unspecified atom stereocenters. The Balaban J connectivity index is 2.89. The van der Waals surface area contributed by atoms with Gasteiger partial charge in [-0.3, -0.25) is 4.79 Å². The molecule has 0 spiro atoms. The molecule has 2 atom stereocenters. The highest BCUT2D eigenvalue weighted by atomic mass is 28.4. The van der Waals surface area contributed by atoms with Crippen molar-refractivity contribution in [3.8, 4) is 0 Å². The first kappa shape index (κ1) is 24.6. The predicted molar refractivity (Wildman–Crippen MR) is 121 cm³/mol. The number of ketones is 1. The molecule has 1 fully saturated rings. The van der Waals surface area contributed by atoms with Crippen molar-refractivity contribution in [2.75, 3.05) is 0 Å². The smallest absolute Gasteiger partial charge is 0.250 e. The van der Waals surface area contributed by atoms with Gasteiger partial charge >= 0.3 is 0 Å². The highest BCUT2D eigenvalue weighted by molar-refractivity contribution is 6.82. The Kier molecular flexibility index (Phi) is 7.44. The van der Waals surface area contributed by atoms with Gasteiger partial charge in [-0.05, 0) is 41.6 Å². The number of rotatable bonds is 8. The van der Waals surface area contributed by atoms with Crippen LogP contribution < -0.4 is 0 Å². The van der Waals surface area contributed by atoms with Crippen LogP contribution in [0.4, 0.5) is 0 Å². The molecule has 5 heteroatoms. The molecule has 0 aliphatic carbocycles. The van der Waals surface area contributed by atoms with E-state index in [1.54, 1.807) is 0 Å². The zero-order valence-electron chi connectivity index (χ0n) is 19.9. The van der Waals surface area contributed by atoms with E-state index in [2.05, 4.69) is 87.7 Å². The van der Waals surface area contributed by atoms with Crippen molar-refractivity contribution >= 4 is 22.2 Å². The molecular weight excluding hydrogens is 368 g/mol. The molecule has 1 saturated heterocycles. The lowest BCUT2D eigenvalue weighted by Gasteiger charge is -2.37. The van der Waals surface area contributed by atoms with Crippen molar-refractivity contribution in [3.63, 3.8) is 0 Å². The Hall–Kier alpha value is -0.396. The fourth-order valence-electron chi connectivity index (χ4n) is 2.60. The Morgan fingerprint density at radius 1 is 1.04 bits per heavy atom. The first-order valence-electron chi connectivity index (χ1n) is 10.5. The molecule has 0 aromatic rings. The molecule has 0 amide bonds. The van der Waals surface area contributed by atoms with Crippen molar-refractivity contribution in [1.82, 2.24) is 0 Å². The lowest BCUT2D eigenvalue weighted by Crippen LogP contribution is -2.45. The van der Waals surface area contributed by atoms with Gasteiger partial charge in [0.1, 0.15) is 6.10 Å². The third-order valence-corrected chi connectivity index (χ3v) is 16.9. The Bertz CT molecular complexity index is 563. The van der Waals surface area contributed by atoms with Crippen molar-refractivity contribution in [3.05, 3.63) is 11.8 Å². The van der Waals surface area contributed by atoms with Crippen LogP contribution >= 0.6 is 0 Å². The Morgan fingerprint density at radius 3 is 1.96 bits per heavy atom. The average Bonchev–Trinajstić information content (AvgIpc) is 3.22. The minimum absolute atomic E-state index is 0.118. The van der Waals surface area contributed by atoms with Crippen molar-refractivity contribution in [2.24, 2.45) is 5.92 Å². The van der Waals surface area contributed by atoms with E-state index in [9.17, 15) is 4.79 Å². The summed E-state index contributed by atoms with van der Waals surface area (Å²) in [5.41, 5.74) is 0.143. The number of hydrogen-bond donors (Lipinski definition) is 0. The van der Waals surface area contributed by atoms with Crippen LogP contribution in [0, 0.1) is 5.92 Å². The molecule has 1 heterocycles. The third-order valence-electron chi connectivity index (χ3n) is 6.81. The molecule has 0 bridgehead atoms. The summed E-state index contributed by atoms with van der Waals surface area (Å²) in [4.78, 5) is 13.0. The zero-order valence-corrected chi connectivity index (χ0v) is 21.9. The van der Waals surface area contributed by atoms with Gasteiger partial charge in [0.2, 0.25) is 8.32 Å². The van der Waals surface area contributed by atoms with Crippen molar-refractivity contribution < 1.29 is 14.0 Å². The standard InChI is InChI=1S/C22H44O3Si2/c1-16(2)13-14-17(25-27(11,12)22(6,7)8)15-18(23)19-20(24-19)26(9,10)21(3,4)5/h14,16,19-20H,13,15H2,1-12H3/b17-14+/t19-,20+/m1/s1. The van der Waals surface area contributed by atoms with E-state index in [4.69, 9.17) is 9.16 Å². The molecule has 0 aromatic heterocycles. The van der Waals surface area contributed by atoms with Crippen LogP contribution in [-0.4, -0.2) is 34.0 Å². The summed E-state index contributed by atoms with van der Waals surface area (Å²) >= 11 is 0. The molecule has 0 aromatic carbocycles. The molecule has 1 aliphatic heterocycles. The van der Waals surface area contributed by atoms with E-state index in [-0.39, 0.29) is 27.7 Å². The second-order valence-corrected chi connectivity index (χ2v) is 22.0. The fourth-order valence-corrected chi connectivity index (χ4v) is 6.00. The number of ether oxygens (including phenoxy) is 1. The van der Waals surface area contributed by atoms with E-state index < -0.39 is 16.4 Å². The normalized spacial score (nSPS) is 22.2.